The predicted octanol–water partition coefficient (Wildman–Crippen LogP) is 2.61. The predicted molar refractivity (Wildman–Crippen MR) is 77.4 cm³/mol. The lowest BCUT2D eigenvalue weighted by Crippen LogP contribution is -2.22. The Morgan fingerprint density at radius 3 is 2.47 bits per heavy atom. The number of carbonyl (C=O) groups excluding carboxylic acids is 1. The number of imidazole rings is 1. The van der Waals surface area contributed by atoms with Gasteiger partial charge in [0.05, 0.1) is 0 Å². The number of aromatic nitrogens is 2. The molecule has 5 heteroatoms. The molecule has 4 nitrogen and oxygen atoms in total. The molecule has 1 aromatic heterocycles. The molecule has 0 unspecified atom stereocenters. The number of ketones is 1. The lowest BCUT2D eigenvalue weighted by Gasteiger charge is -2.02. The van der Waals surface area contributed by atoms with Crippen LogP contribution in [0.1, 0.15) is 23.2 Å². The van der Waals surface area contributed by atoms with E-state index in [1.54, 1.807) is 36.1 Å². The van der Waals surface area contributed by atoms with Crippen LogP contribution in [-0.2, 0) is 13.6 Å². The van der Waals surface area contributed by atoms with Crippen molar-refractivity contribution in [3.05, 3.63) is 57.2 Å². The highest BCUT2D eigenvalue weighted by molar-refractivity contribution is 9.10. The Balaban J connectivity index is 1.89. The van der Waals surface area contributed by atoms with Crippen molar-refractivity contribution in [2.45, 2.75) is 19.4 Å². The van der Waals surface area contributed by atoms with E-state index in [9.17, 15) is 9.59 Å². The van der Waals surface area contributed by atoms with Crippen molar-refractivity contribution >= 4 is 21.7 Å². The van der Waals surface area contributed by atoms with Gasteiger partial charge in [0.25, 0.3) is 0 Å². The van der Waals surface area contributed by atoms with Crippen LogP contribution in [0.4, 0.5) is 0 Å². The van der Waals surface area contributed by atoms with Crippen LogP contribution in [0, 0.1) is 0 Å². The summed E-state index contributed by atoms with van der Waals surface area (Å²) in [4.78, 5) is 23.5. The molecule has 100 valence electrons. The normalized spacial score (nSPS) is 10.6. The maximum absolute atomic E-state index is 11.9. The number of hydrogen-bond acceptors (Lipinski definition) is 2. The molecule has 0 saturated carbocycles. The second-order valence-corrected chi connectivity index (χ2v) is 5.33. The first-order valence-corrected chi connectivity index (χ1v) is 6.88. The molecule has 0 saturated heterocycles. The fraction of sp³-hybridized carbons (Fsp3) is 0.286. The number of hydrogen-bond donors (Lipinski definition) is 0. The van der Waals surface area contributed by atoms with Gasteiger partial charge in [0.15, 0.2) is 5.78 Å². The molecule has 0 aliphatic carbocycles. The summed E-state index contributed by atoms with van der Waals surface area (Å²) in [6, 6.07) is 7.33. The molecule has 2 aromatic rings. The summed E-state index contributed by atoms with van der Waals surface area (Å²) in [5.41, 5.74) is 0.666. The first-order valence-electron chi connectivity index (χ1n) is 6.08. The maximum atomic E-state index is 11.9. The molecule has 1 aromatic carbocycles. The quantitative estimate of drug-likeness (QED) is 0.794. The molecule has 1 heterocycles. The fourth-order valence-corrected chi connectivity index (χ4v) is 2.14. The molecule has 0 aliphatic rings. The van der Waals surface area contributed by atoms with E-state index >= 15 is 0 Å². The van der Waals surface area contributed by atoms with Crippen molar-refractivity contribution in [1.82, 2.24) is 9.13 Å². The Morgan fingerprint density at radius 2 is 1.89 bits per heavy atom. The SMILES string of the molecule is Cn1ccn(CCCC(=O)c2ccc(Br)cc2)c1=O. The van der Waals surface area contributed by atoms with Gasteiger partial charge in [-0.25, -0.2) is 4.79 Å². The van der Waals surface area contributed by atoms with Crippen LogP contribution >= 0.6 is 15.9 Å². The highest BCUT2D eigenvalue weighted by Gasteiger charge is 2.06. The lowest BCUT2D eigenvalue weighted by atomic mass is 10.1. The topological polar surface area (TPSA) is 44.0 Å². The van der Waals surface area contributed by atoms with E-state index in [2.05, 4.69) is 15.9 Å². The first-order chi connectivity index (χ1) is 9.08. The Bertz CT molecular complexity index is 626. The largest absolute Gasteiger partial charge is 0.327 e. The highest BCUT2D eigenvalue weighted by atomic mass is 79.9. The summed E-state index contributed by atoms with van der Waals surface area (Å²) in [7, 11) is 1.71. The van der Waals surface area contributed by atoms with E-state index in [0.29, 0.717) is 24.9 Å². The molecule has 0 amide bonds. The Kier molecular flexibility index (Phi) is 4.37. The third-order valence-electron chi connectivity index (χ3n) is 2.99. The van der Waals surface area contributed by atoms with Gasteiger partial charge in [-0.05, 0) is 18.6 Å². The van der Waals surface area contributed by atoms with E-state index in [1.807, 2.05) is 12.1 Å². The number of halogens is 1. The molecular weight excluding hydrogens is 308 g/mol. The second-order valence-electron chi connectivity index (χ2n) is 4.42. The average Bonchev–Trinajstić information content (AvgIpc) is 2.71. The molecule has 2 rings (SSSR count). The van der Waals surface area contributed by atoms with Gasteiger partial charge in [0.1, 0.15) is 0 Å². The van der Waals surface area contributed by atoms with Gasteiger partial charge in [-0.15, -0.1) is 0 Å². The summed E-state index contributed by atoms with van der Waals surface area (Å²) in [5.74, 6) is 0.108. The summed E-state index contributed by atoms with van der Waals surface area (Å²) in [6.45, 7) is 0.571. The lowest BCUT2D eigenvalue weighted by molar-refractivity contribution is 0.0978. The highest BCUT2D eigenvalue weighted by Crippen LogP contribution is 2.12. The van der Waals surface area contributed by atoms with E-state index in [0.717, 1.165) is 4.47 Å². The molecular formula is C14H15BrN2O2. The van der Waals surface area contributed by atoms with Crippen LogP contribution in [0.25, 0.3) is 0 Å². The first kappa shape index (κ1) is 13.8. The van der Waals surface area contributed by atoms with Gasteiger partial charge >= 0.3 is 5.69 Å². The monoisotopic (exact) mass is 322 g/mol. The number of Topliss-reactive ketones (excluding diaryl/α,β-unsaturated/α-hetero) is 1. The van der Waals surface area contributed by atoms with Gasteiger partial charge in [0, 0.05) is 42.4 Å². The minimum Gasteiger partial charge on any atom is -0.302 e. The van der Waals surface area contributed by atoms with E-state index in [1.165, 1.54) is 4.57 Å². The maximum Gasteiger partial charge on any atom is 0.327 e. The summed E-state index contributed by atoms with van der Waals surface area (Å²) < 4.78 is 4.10. The fourth-order valence-electron chi connectivity index (χ4n) is 1.87. The van der Waals surface area contributed by atoms with Gasteiger partial charge in [-0.3, -0.25) is 9.36 Å². The average molecular weight is 323 g/mol. The van der Waals surface area contributed by atoms with Gasteiger partial charge in [0.2, 0.25) is 0 Å². The molecule has 0 atom stereocenters. The molecule has 0 radical (unpaired) electrons. The van der Waals surface area contributed by atoms with Crippen molar-refractivity contribution in [3.8, 4) is 0 Å². The Labute approximate surface area is 119 Å². The zero-order chi connectivity index (χ0) is 13.8. The van der Waals surface area contributed by atoms with Crippen molar-refractivity contribution in [2.75, 3.05) is 0 Å². The molecule has 19 heavy (non-hydrogen) atoms. The second kappa shape index (κ2) is 6.02. The minimum absolute atomic E-state index is 0.0453. The Hall–Kier alpha value is -1.62. The molecule has 0 fully saturated rings. The zero-order valence-electron chi connectivity index (χ0n) is 10.7. The number of rotatable bonds is 5. The van der Waals surface area contributed by atoms with Crippen molar-refractivity contribution in [1.29, 1.82) is 0 Å². The van der Waals surface area contributed by atoms with E-state index in [-0.39, 0.29) is 11.5 Å². The van der Waals surface area contributed by atoms with Gasteiger partial charge in [-0.2, -0.15) is 0 Å². The van der Waals surface area contributed by atoms with Crippen LogP contribution in [0.5, 0.6) is 0 Å². The Morgan fingerprint density at radius 1 is 1.21 bits per heavy atom. The third-order valence-corrected chi connectivity index (χ3v) is 3.52. The minimum atomic E-state index is -0.0453. The van der Waals surface area contributed by atoms with Crippen molar-refractivity contribution < 1.29 is 4.79 Å². The van der Waals surface area contributed by atoms with Crippen molar-refractivity contribution in [3.63, 3.8) is 0 Å². The number of carbonyl (C=O) groups is 1. The van der Waals surface area contributed by atoms with Gasteiger partial charge < -0.3 is 4.57 Å². The van der Waals surface area contributed by atoms with Crippen LogP contribution in [0.2, 0.25) is 0 Å². The smallest absolute Gasteiger partial charge is 0.302 e. The zero-order valence-corrected chi connectivity index (χ0v) is 12.3. The van der Waals surface area contributed by atoms with Crippen LogP contribution < -0.4 is 5.69 Å². The summed E-state index contributed by atoms with van der Waals surface area (Å²) in [6.07, 6.45) is 4.58. The number of aryl methyl sites for hydroxylation is 2. The molecule has 0 N–H and O–H groups in total. The number of benzene rings is 1. The van der Waals surface area contributed by atoms with Crippen molar-refractivity contribution in [2.24, 2.45) is 7.05 Å². The number of nitrogens with zero attached hydrogens (tertiary/aromatic N) is 2. The molecule has 0 aliphatic heterocycles. The summed E-state index contributed by atoms with van der Waals surface area (Å²) in [5, 5.41) is 0. The standard InChI is InChI=1S/C14H15BrN2O2/c1-16-9-10-17(14(16)19)8-2-3-13(18)11-4-6-12(15)7-5-11/h4-7,9-10H,2-3,8H2,1H3. The van der Waals surface area contributed by atoms with E-state index in [4.69, 9.17) is 0 Å². The van der Waals surface area contributed by atoms with Gasteiger partial charge in [-0.1, -0.05) is 28.1 Å². The third kappa shape index (κ3) is 3.44. The summed E-state index contributed by atoms with van der Waals surface area (Å²) >= 11 is 3.34. The van der Waals surface area contributed by atoms with Crippen LogP contribution in [0.15, 0.2) is 45.9 Å². The van der Waals surface area contributed by atoms with Crippen LogP contribution in [-0.4, -0.2) is 14.9 Å². The molecule has 0 bridgehead atoms. The van der Waals surface area contributed by atoms with E-state index < -0.39 is 0 Å². The van der Waals surface area contributed by atoms with Crippen LogP contribution in [0.3, 0.4) is 0 Å². The molecule has 0 spiro atoms.